The van der Waals surface area contributed by atoms with Crippen LogP contribution >= 0.6 is 11.3 Å². The van der Waals surface area contributed by atoms with Crippen LogP contribution < -0.4 is 20.9 Å². The minimum absolute atomic E-state index is 0.0845. The highest BCUT2D eigenvalue weighted by Crippen LogP contribution is 2.46. The number of amides is 3. The summed E-state index contributed by atoms with van der Waals surface area (Å²) in [4.78, 5) is 34.0. The number of hydrogen-bond acceptors (Lipinski definition) is 5. The maximum atomic E-state index is 13.4. The molecule has 2 aromatic carbocycles. The summed E-state index contributed by atoms with van der Waals surface area (Å²) in [7, 11) is 0. The van der Waals surface area contributed by atoms with E-state index in [0.29, 0.717) is 10.6 Å². The van der Waals surface area contributed by atoms with Crippen molar-refractivity contribution >= 4 is 50.6 Å². The molecule has 0 bridgehead atoms. The molecule has 176 valence electrons. The van der Waals surface area contributed by atoms with Crippen molar-refractivity contribution in [3.63, 3.8) is 0 Å². The van der Waals surface area contributed by atoms with E-state index in [2.05, 4.69) is 46.1 Å². The van der Waals surface area contributed by atoms with Crippen molar-refractivity contribution in [3.05, 3.63) is 71.2 Å². The molecule has 2 aliphatic heterocycles. The van der Waals surface area contributed by atoms with Crippen molar-refractivity contribution < 1.29 is 9.59 Å². The van der Waals surface area contributed by atoms with E-state index in [0.717, 1.165) is 58.6 Å². The molecule has 8 heteroatoms. The average molecular weight is 484 g/mol. The zero-order valence-electron chi connectivity index (χ0n) is 19.3. The number of anilines is 3. The van der Waals surface area contributed by atoms with E-state index >= 15 is 0 Å². The van der Waals surface area contributed by atoms with Crippen LogP contribution in [0.4, 0.5) is 21.9 Å². The Labute approximate surface area is 207 Å². The normalized spacial score (nSPS) is 17.3. The summed E-state index contributed by atoms with van der Waals surface area (Å²) in [6, 6.07) is 17.9. The summed E-state index contributed by atoms with van der Waals surface area (Å²) in [6.07, 6.45) is 3.67. The molecule has 6 rings (SSSR count). The van der Waals surface area contributed by atoms with Gasteiger partial charge in [0.05, 0.1) is 22.4 Å². The van der Waals surface area contributed by atoms with Gasteiger partial charge in [-0.05, 0) is 55.6 Å². The number of carbonyl (C=O) groups is 2. The Morgan fingerprint density at radius 1 is 1.14 bits per heavy atom. The van der Waals surface area contributed by atoms with E-state index in [1.165, 1.54) is 16.9 Å². The van der Waals surface area contributed by atoms with Crippen LogP contribution in [0.2, 0.25) is 0 Å². The molecule has 0 aliphatic carbocycles. The van der Waals surface area contributed by atoms with E-state index in [-0.39, 0.29) is 18.0 Å². The number of thiophene rings is 1. The number of piperidine rings is 1. The number of carbonyl (C=O) groups excluding carboxylic acids is 2. The van der Waals surface area contributed by atoms with Gasteiger partial charge in [0, 0.05) is 18.8 Å². The number of aromatic nitrogens is 1. The predicted octanol–water partition coefficient (Wildman–Crippen LogP) is 5.44. The fourth-order valence-corrected chi connectivity index (χ4v) is 5.90. The number of pyridine rings is 1. The first-order chi connectivity index (χ1) is 17.1. The zero-order valence-corrected chi connectivity index (χ0v) is 20.1. The number of nitrogens with one attached hydrogen (secondary N) is 3. The zero-order chi connectivity index (χ0) is 23.9. The third-order valence-electron chi connectivity index (χ3n) is 6.54. The SMILES string of the molecule is Cc1cccc(-c2cccc(N3C(=O)Nc4c(C(=O)N[C@@H]5CCCNC5)sc5nccc3c45)c2)c1. The molecule has 0 saturated carbocycles. The van der Waals surface area contributed by atoms with E-state index in [9.17, 15) is 9.59 Å². The van der Waals surface area contributed by atoms with Crippen molar-refractivity contribution in [2.75, 3.05) is 23.3 Å². The second-order valence-electron chi connectivity index (χ2n) is 9.02. The second-order valence-corrected chi connectivity index (χ2v) is 10.0. The lowest BCUT2D eigenvalue weighted by Crippen LogP contribution is -2.45. The van der Waals surface area contributed by atoms with E-state index < -0.39 is 0 Å². The van der Waals surface area contributed by atoms with Crippen LogP contribution in [0, 0.1) is 6.92 Å². The van der Waals surface area contributed by atoms with Gasteiger partial charge < -0.3 is 16.0 Å². The van der Waals surface area contributed by atoms with Crippen LogP contribution in [0.25, 0.3) is 21.3 Å². The van der Waals surface area contributed by atoms with Crippen LogP contribution in [-0.2, 0) is 0 Å². The molecule has 35 heavy (non-hydrogen) atoms. The van der Waals surface area contributed by atoms with Gasteiger partial charge in [-0.25, -0.2) is 9.78 Å². The van der Waals surface area contributed by atoms with Crippen molar-refractivity contribution in [2.24, 2.45) is 0 Å². The van der Waals surface area contributed by atoms with Gasteiger partial charge in [-0.2, -0.15) is 0 Å². The first kappa shape index (κ1) is 21.8. The van der Waals surface area contributed by atoms with Crippen molar-refractivity contribution in [2.45, 2.75) is 25.8 Å². The topological polar surface area (TPSA) is 86.4 Å². The standard InChI is InChI=1S/C27H25N5O2S/c1-16-5-2-6-17(13-16)18-7-3-9-20(14-18)32-21-10-12-29-26-22(21)23(31-27(32)34)24(35-26)25(33)30-19-8-4-11-28-15-19/h2-3,5-7,9-10,12-14,19,28H,4,8,11,15H2,1H3,(H,30,33)(H,31,34)/t19-/m1/s1. The maximum Gasteiger partial charge on any atom is 0.331 e. The highest BCUT2D eigenvalue weighted by atomic mass is 32.1. The molecular formula is C27H25N5O2S. The number of rotatable bonds is 4. The van der Waals surface area contributed by atoms with Gasteiger partial charge in [0.2, 0.25) is 0 Å². The second kappa shape index (κ2) is 8.79. The minimum Gasteiger partial charge on any atom is -0.347 e. The predicted molar refractivity (Wildman–Crippen MR) is 141 cm³/mol. The first-order valence-electron chi connectivity index (χ1n) is 11.8. The smallest absolute Gasteiger partial charge is 0.331 e. The quantitative estimate of drug-likeness (QED) is 0.361. The van der Waals surface area contributed by atoms with Gasteiger partial charge in [0.25, 0.3) is 5.91 Å². The Kier molecular flexibility index (Phi) is 5.47. The Balaban J connectivity index is 1.40. The van der Waals surface area contributed by atoms with Gasteiger partial charge >= 0.3 is 6.03 Å². The van der Waals surface area contributed by atoms with Crippen molar-refractivity contribution in [3.8, 4) is 11.1 Å². The summed E-state index contributed by atoms with van der Waals surface area (Å²) >= 11 is 1.32. The number of urea groups is 1. The minimum atomic E-state index is -0.293. The average Bonchev–Trinajstić information content (AvgIpc) is 3.24. The Bertz CT molecular complexity index is 1460. The molecule has 0 unspecified atom stereocenters. The molecule has 3 amide bonds. The molecule has 1 fully saturated rings. The largest absolute Gasteiger partial charge is 0.347 e. The molecule has 2 aromatic heterocycles. The van der Waals surface area contributed by atoms with Crippen LogP contribution in [0.3, 0.4) is 0 Å². The van der Waals surface area contributed by atoms with E-state index in [4.69, 9.17) is 0 Å². The lowest BCUT2D eigenvalue weighted by Gasteiger charge is -2.29. The van der Waals surface area contributed by atoms with Crippen molar-refractivity contribution in [1.29, 1.82) is 0 Å². The number of benzene rings is 2. The molecule has 4 heterocycles. The Hall–Kier alpha value is -3.75. The van der Waals surface area contributed by atoms with Gasteiger partial charge in [-0.15, -0.1) is 11.3 Å². The summed E-state index contributed by atoms with van der Waals surface area (Å²) in [5.41, 5.74) is 5.33. The lowest BCUT2D eigenvalue weighted by molar-refractivity contribution is 0.0935. The molecule has 0 spiro atoms. The van der Waals surface area contributed by atoms with E-state index in [1.54, 1.807) is 11.1 Å². The van der Waals surface area contributed by atoms with Crippen LogP contribution in [0.15, 0.2) is 60.8 Å². The Morgan fingerprint density at radius 2 is 1.97 bits per heavy atom. The molecule has 2 aliphatic rings. The van der Waals surface area contributed by atoms with Crippen LogP contribution in [0.1, 0.15) is 28.1 Å². The van der Waals surface area contributed by atoms with Gasteiger partial charge in [0.15, 0.2) is 0 Å². The number of aryl methyl sites for hydroxylation is 1. The van der Waals surface area contributed by atoms with Crippen LogP contribution in [0.5, 0.6) is 0 Å². The molecule has 1 atom stereocenters. The highest BCUT2D eigenvalue weighted by molar-refractivity contribution is 7.21. The fraction of sp³-hybridized carbons (Fsp3) is 0.222. The first-order valence-corrected chi connectivity index (χ1v) is 12.6. The molecule has 4 aromatic rings. The third kappa shape index (κ3) is 3.94. The van der Waals surface area contributed by atoms with E-state index in [1.807, 2.05) is 36.4 Å². The van der Waals surface area contributed by atoms with Crippen molar-refractivity contribution in [1.82, 2.24) is 15.6 Å². The molecule has 0 radical (unpaired) electrons. The highest BCUT2D eigenvalue weighted by Gasteiger charge is 2.33. The summed E-state index contributed by atoms with van der Waals surface area (Å²) in [6.45, 7) is 3.80. The van der Waals surface area contributed by atoms with Gasteiger partial charge in [0.1, 0.15) is 9.71 Å². The van der Waals surface area contributed by atoms with Crippen LogP contribution in [-0.4, -0.2) is 36.1 Å². The monoisotopic (exact) mass is 483 g/mol. The summed E-state index contributed by atoms with van der Waals surface area (Å²) < 4.78 is 0. The lowest BCUT2D eigenvalue weighted by atomic mass is 10.0. The third-order valence-corrected chi connectivity index (χ3v) is 7.64. The number of hydrogen-bond donors (Lipinski definition) is 3. The summed E-state index contributed by atoms with van der Waals surface area (Å²) in [5, 5.41) is 10.2. The molecule has 3 N–H and O–H groups in total. The molecule has 1 saturated heterocycles. The molecular weight excluding hydrogens is 458 g/mol. The fourth-order valence-electron chi connectivity index (χ4n) is 4.88. The summed E-state index contributed by atoms with van der Waals surface area (Å²) in [5.74, 6) is -0.169. The van der Waals surface area contributed by atoms with Gasteiger partial charge in [-0.3, -0.25) is 9.69 Å². The maximum absolute atomic E-state index is 13.4. The number of nitrogens with zero attached hydrogens (tertiary/aromatic N) is 2. The van der Waals surface area contributed by atoms with Gasteiger partial charge in [-0.1, -0.05) is 42.0 Å². The Morgan fingerprint density at radius 3 is 2.77 bits per heavy atom. The molecule has 7 nitrogen and oxygen atoms in total.